The van der Waals surface area contributed by atoms with E-state index in [1.165, 1.54) is 0 Å². The van der Waals surface area contributed by atoms with Crippen LogP contribution in [0.4, 0.5) is 0 Å². The van der Waals surface area contributed by atoms with Gasteiger partial charge >= 0.3 is 0 Å². The molecule has 1 unspecified atom stereocenters. The minimum Gasteiger partial charge on any atom is -0.497 e. The van der Waals surface area contributed by atoms with Crippen LogP contribution in [0.25, 0.3) is 10.9 Å². The summed E-state index contributed by atoms with van der Waals surface area (Å²) in [7, 11) is -2.06. The number of nitrogens with zero attached hydrogens (tertiary/aromatic N) is 3. The van der Waals surface area contributed by atoms with Gasteiger partial charge in [0.05, 0.1) is 37.2 Å². The highest BCUT2D eigenvalue weighted by atomic mass is 35.5. The Morgan fingerprint density at radius 1 is 1.16 bits per heavy atom. The Kier molecular flexibility index (Phi) is 5.77. The molecule has 0 N–H and O–H groups in total. The van der Waals surface area contributed by atoms with E-state index in [2.05, 4.69) is 10.1 Å². The first-order chi connectivity index (χ1) is 14.8. The smallest absolute Gasteiger partial charge is 0.247 e. The van der Waals surface area contributed by atoms with E-state index in [4.69, 9.17) is 21.1 Å². The number of rotatable bonds is 6. The monoisotopic (exact) mass is 459 g/mol. The van der Waals surface area contributed by atoms with E-state index in [1.807, 2.05) is 55.5 Å². The molecule has 1 atom stereocenters. The minimum atomic E-state index is -3.64. The van der Waals surface area contributed by atoms with Gasteiger partial charge < -0.3 is 9.47 Å². The maximum atomic E-state index is 12.5. The van der Waals surface area contributed by atoms with Gasteiger partial charge in [0, 0.05) is 22.9 Å². The van der Waals surface area contributed by atoms with Gasteiger partial charge in [-0.15, -0.1) is 0 Å². The van der Waals surface area contributed by atoms with Gasteiger partial charge in [-0.3, -0.25) is 0 Å². The number of aromatic nitrogens is 1. The molecule has 31 heavy (non-hydrogen) atoms. The van der Waals surface area contributed by atoms with Crippen molar-refractivity contribution in [3.05, 3.63) is 64.8 Å². The Morgan fingerprint density at radius 3 is 2.68 bits per heavy atom. The van der Waals surface area contributed by atoms with Gasteiger partial charge in [0.15, 0.2) is 0 Å². The quantitative estimate of drug-likeness (QED) is 0.510. The maximum Gasteiger partial charge on any atom is 0.247 e. The number of halogens is 1. The van der Waals surface area contributed by atoms with Crippen LogP contribution in [0.2, 0.25) is 5.15 Å². The number of hydrogen-bond donors (Lipinski definition) is 0. The first-order valence-corrected chi connectivity index (χ1v) is 12.0. The molecule has 0 fully saturated rings. The number of pyridine rings is 1. The van der Waals surface area contributed by atoms with Gasteiger partial charge in [-0.1, -0.05) is 23.7 Å². The maximum absolute atomic E-state index is 12.5. The van der Waals surface area contributed by atoms with E-state index in [9.17, 15) is 8.42 Å². The van der Waals surface area contributed by atoms with Crippen LogP contribution in [0.15, 0.2) is 53.6 Å². The lowest BCUT2D eigenvalue weighted by Gasteiger charge is -2.22. The predicted octanol–water partition coefficient (Wildman–Crippen LogP) is 4.41. The number of methoxy groups -OCH3 is 1. The predicted molar refractivity (Wildman–Crippen MR) is 121 cm³/mol. The molecule has 162 valence electrons. The summed E-state index contributed by atoms with van der Waals surface area (Å²) in [5, 5.41) is 5.49. The zero-order valence-corrected chi connectivity index (χ0v) is 18.9. The van der Waals surface area contributed by atoms with Crippen molar-refractivity contribution in [2.24, 2.45) is 5.10 Å². The zero-order chi connectivity index (χ0) is 22.2. The van der Waals surface area contributed by atoms with Crippen molar-refractivity contribution < 1.29 is 17.9 Å². The first kappa shape index (κ1) is 21.4. The fraction of sp³-hybridized carbons (Fsp3) is 0.273. The standard InChI is InChI=1S/C22H22ClN3O4S/c1-4-30-17-8-9-19-15(11-17)12-18(22(23)24-19)21-13-20(25-26(21)31(3,27)28)14-6-5-7-16(10-14)29-2/h5-12,21H,4,13H2,1-3H3. The molecule has 0 aliphatic carbocycles. The number of hydrogen-bond acceptors (Lipinski definition) is 6. The van der Waals surface area contributed by atoms with Crippen molar-refractivity contribution in [1.82, 2.24) is 9.40 Å². The van der Waals surface area contributed by atoms with Crippen LogP contribution in [0, 0.1) is 0 Å². The largest absolute Gasteiger partial charge is 0.497 e. The van der Waals surface area contributed by atoms with Gasteiger partial charge in [-0.2, -0.15) is 9.52 Å². The van der Waals surface area contributed by atoms with Crippen LogP contribution in [0.5, 0.6) is 11.5 Å². The summed E-state index contributed by atoms with van der Waals surface area (Å²) in [6.45, 7) is 2.46. The van der Waals surface area contributed by atoms with Crippen LogP contribution in [-0.2, 0) is 10.0 Å². The number of benzene rings is 2. The third-order valence-electron chi connectivity index (χ3n) is 5.05. The Hall–Kier alpha value is -2.84. The zero-order valence-electron chi connectivity index (χ0n) is 17.4. The minimum absolute atomic E-state index is 0.248. The molecule has 0 amide bonds. The summed E-state index contributed by atoms with van der Waals surface area (Å²) >= 11 is 6.51. The normalized spacial score (nSPS) is 16.5. The second-order valence-corrected chi connectivity index (χ2v) is 9.39. The van der Waals surface area contributed by atoms with Gasteiger partial charge in [0.25, 0.3) is 0 Å². The molecule has 0 saturated carbocycles. The molecule has 2 heterocycles. The molecule has 0 spiro atoms. The molecular weight excluding hydrogens is 438 g/mol. The number of sulfonamides is 1. The molecule has 3 aromatic rings. The highest BCUT2D eigenvalue weighted by Crippen LogP contribution is 2.39. The third-order valence-corrected chi connectivity index (χ3v) is 6.37. The molecule has 0 saturated heterocycles. The Balaban J connectivity index is 1.78. The van der Waals surface area contributed by atoms with Crippen molar-refractivity contribution >= 4 is 38.2 Å². The molecular formula is C22H22ClN3O4S. The molecule has 0 radical (unpaired) electrons. The molecule has 2 aromatic carbocycles. The van der Waals surface area contributed by atoms with Crippen molar-refractivity contribution in [1.29, 1.82) is 0 Å². The van der Waals surface area contributed by atoms with Gasteiger partial charge in [0.2, 0.25) is 10.0 Å². The second-order valence-electron chi connectivity index (χ2n) is 7.19. The van der Waals surface area contributed by atoms with E-state index < -0.39 is 16.1 Å². The van der Waals surface area contributed by atoms with E-state index in [0.717, 1.165) is 21.6 Å². The topological polar surface area (TPSA) is 81.1 Å². The molecule has 1 aromatic heterocycles. The van der Waals surface area contributed by atoms with E-state index in [1.54, 1.807) is 7.11 Å². The van der Waals surface area contributed by atoms with Crippen molar-refractivity contribution in [3.8, 4) is 11.5 Å². The summed E-state index contributed by atoms with van der Waals surface area (Å²) in [6, 6.07) is 14.2. The molecule has 1 aliphatic heterocycles. The highest BCUT2D eigenvalue weighted by Gasteiger charge is 2.36. The summed E-state index contributed by atoms with van der Waals surface area (Å²) in [5.41, 5.74) is 2.72. The lowest BCUT2D eigenvalue weighted by molar-refractivity contribution is 0.340. The fourth-order valence-electron chi connectivity index (χ4n) is 3.64. The molecule has 7 nitrogen and oxygen atoms in total. The average Bonchev–Trinajstić information content (AvgIpc) is 3.20. The van der Waals surface area contributed by atoms with Gasteiger partial charge in [-0.25, -0.2) is 13.4 Å². The third kappa shape index (κ3) is 4.31. The van der Waals surface area contributed by atoms with Crippen LogP contribution in [0.1, 0.15) is 30.5 Å². The number of hydrazone groups is 1. The second kappa shape index (κ2) is 8.36. The van der Waals surface area contributed by atoms with Crippen molar-refractivity contribution in [3.63, 3.8) is 0 Å². The summed E-state index contributed by atoms with van der Waals surface area (Å²) < 4.78 is 37.1. The van der Waals surface area contributed by atoms with E-state index in [0.29, 0.717) is 41.3 Å². The summed E-state index contributed by atoms with van der Waals surface area (Å²) in [5.74, 6) is 1.38. The number of fused-ring (bicyclic) bond motifs is 1. The van der Waals surface area contributed by atoms with Crippen molar-refractivity contribution in [2.75, 3.05) is 20.0 Å². The van der Waals surface area contributed by atoms with Gasteiger partial charge in [0.1, 0.15) is 16.7 Å². The lowest BCUT2D eigenvalue weighted by Crippen LogP contribution is -2.26. The van der Waals surface area contributed by atoms with Gasteiger partial charge in [-0.05, 0) is 43.3 Å². The lowest BCUT2D eigenvalue weighted by atomic mass is 9.99. The number of ether oxygens (including phenoxy) is 2. The van der Waals surface area contributed by atoms with E-state index in [-0.39, 0.29) is 5.15 Å². The van der Waals surface area contributed by atoms with E-state index >= 15 is 0 Å². The molecule has 1 aliphatic rings. The van der Waals surface area contributed by atoms with Crippen LogP contribution < -0.4 is 9.47 Å². The Bertz CT molecular complexity index is 1280. The molecule has 4 rings (SSSR count). The molecule has 0 bridgehead atoms. The van der Waals surface area contributed by atoms with Crippen LogP contribution >= 0.6 is 11.6 Å². The Morgan fingerprint density at radius 2 is 1.97 bits per heavy atom. The molecule has 9 heteroatoms. The van der Waals surface area contributed by atoms with Crippen LogP contribution in [0.3, 0.4) is 0 Å². The van der Waals surface area contributed by atoms with Crippen molar-refractivity contribution in [2.45, 2.75) is 19.4 Å². The van der Waals surface area contributed by atoms with Crippen LogP contribution in [-0.4, -0.2) is 43.5 Å². The highest BCUT2D eigenvalue weighted by molar-refractivity contribution is 7.88. The average molecular weight is 460 g/mol. The Labute approximate surface area is 186 Å². The summed E-state index contributed by atoms with van der Waals surface area (Å²) in [6.07, 6.45) is 1.49. The SMILES string of the molecule is CCOc1ccc2nc(Cl)c(C3CC(c4cccc(OC)c4)=NN3S(C)(=O)=O)cc2c1. The fourth-order valence-corrected chi connectivity index (χ4v) is 4.81. The summed E-state index contributed by atoms with van der Waals surface area (Å²) in [4.78, 5) is 4.48. The first-order valence-electron chi connectivity index (χ1n) is 9.74.